The van der Waals surface area contributed by atoms with Gasteiger partial charge in [-0.2, -0.15) is 0 Å². The third-order valence-electron chi connectivity index (χ3n) is 2.29. The van der Waals surface area contributed by atoms with Gasteiger partial charge in [0.15, 0.2) is 0 Å². The summed E-state index contributed by atoms with van der Waals surface area (Å²) in [7, 11) is 0. The highest BCUT2D eigenvalue weighted by Gasteiger charge is 2.01. The molecule has 0 fully saturated rings. The number of anilines is 1. The van der Waals surface area contributed by atoms with Crippen LogP contribution in [0.4, 0.5) is 5.69 Å². The molecule has 82 valence electrons. The van der Waals surface area contributed by atoms with E-state index in [0.717, 1.165) is 15.9 Å². The van der Waals surface area contributed by atoms with Crippen LogP contribution in [0.3, 0.4) is 0 Å². The predicted molar refractivity (Wildman–Crippen MR) is 68.2 cm³/mol. The van der Waals surface area contributed by atoms with E-state index in [2.05, 4.69) is 44.2 Å². The molecule has 0 radical (unpaired) electrons. The molecule has 0 aliphatic heterocycles. The molecule has 0 saturated heterocycles. The monoisotopic (exact) mass is 277 g/mol. The maximum absolute atomic E-state index is 4.16. The number of hydrogen-bond donors (Lipinski definition) is 1. The van der Waals surface area contributed by atoms with Gasteiger partial charge >= 0.3 is 0 Å². The number of aromatic nitrogens is 2. The van der Waals surface area contributed by atoms with Crippen molar-refractivity contribution in [2.24, 2.45) is 0 Å². The highest BCUT2D eigenvalue weighted by Crippen LogP contribution is 2.25. The van der Waals surface area contributed by atoms with Crippen molar-refractivity contribution >= 4 is 21.6 Å². The first-order valence-corrected chi connectivity index (χ1v) is 5.80. The van der Waals surface area contributed by atoms with Crippen LogP contribution in [0, 0.1) is 6.92 Å². The van der Waals surface area contributed by atoms with Crippen LogP contribution in [0.2, 0.25) is 0 Å². The maximum Gasteiger partial charge on any atom is 0.115 e. The number of benzene rings is 1. The molecule has 0 aliphatic carbocycles. The lowest BCUT2D eigenvalue weighted by Crippen LogP contribution is -2.02. The largest absolute Gasteiger partial charge is 0.378 e. The summed E-state index contributed by atoms with van der Waals surface area (Å²) in [5, 5.41) is 3.33. The number of nitrogens with zero attached hydrogens (tertiary/aromatic N) is 2. The summed E-state index contributed by atoms with van der Waals surface area (Å²) in [6, 6.07) is 8.04. The van der Waals surface area contributed by atoms with Crippen LogP contribution in [-0.2, 0) is 6.54 Å². The summed E-state index contributed by atoms with van der Waals surface area (Å²) in [6.45, 7) is 2.77. The van der Waals surface area contributed by atoms with Crippen LogP contribution >= 0.6 is 15.9 Å². The summed E-state index contributed by atoms with van der Waals surface area (Å²) in [5.74, 6) is 0. The molecular weight excluding hydrogens is 266 g/mol. The highest BCUT2D eigenvalue weighted by molar-refractivity contribution is 9.10. The molecule has 0 unspecified atom stereocenters. The van der Waals surface area contributed by atoms with Crippen LogP contribution in [0.25, 0.3) is 0 Å². The Balaban J connectivity index is 2.08. The van der Waals surface area contributed by atoms with E-state index < -0.39 is 0 Å². The third kappa shape index (κ3) is 2.58. The van der Waals surface area contributed by atoms with Gasteiger partial charge in [-0.15, -0.1) is 0 Å². The van der Waals surface area contributed by atoms with Gasteiger partial charge in [0.1, 0.15) is 6.33 Å². The van der Waals surface area contributed by atoms with Gasteiger partial charge in [-0.05, 0) is 40.5 Å². The molecule has 1 heterocycles. The lowest BCUT2D eigenvalue weighted by molar-refractivity contribution is 1.00. The number of hydrogen-bond acceptors (Lipinski definition) is 3. The van der Waals surface area contributed by atoms with Gasteiger partial charge in [0.25, 0.3) is 0 Å². The molecule has 3 nitrogen and oxygen atoms in total. The fourth-order valence-corrected chi connectivity index (χ4v) is 1.80. The van der Waals surface area contributed by atoms with Crippen LogP contribution in [0.15, 0.2) is 41.3 Å². The van der Waals surface area contributed by atoms with Crippen molar-refractivity contribution in [3.8, 4) is 0 Å². The average molecular weight is 278 g/mol. The lowest BCUT2D eigenvalue weighted by atomic mass is 10.2. The van der Waals surface area contributed by atoms with Crippen molar-refractivity contribution in [1.82, 2.24) is 9.97 Å². The number of rotatable bonds is 3. The Morgan fingerprint density at radius 1 is 1.31 bits per heavy atom. The number of nitrogens with one attached hydrogen (secondary N) is 1. The highest BCUT2D eigenvalue weighted by atomic mass is 79.9. The van der Waals surface area contributed by atoms with Gasteiger partial charge in [-0.3, -0.25) is 0 Å². The van der Waals surface area contributed by atoms with Crippen LogP contribution in [0.1, 0.15) is 11.3 Å². The second kappa shape index (κ2) is 5.07. The molecule has 2 aromatic rings. The zero-order chi connectivity index (χ0) is 11.4. The van der Waals surface area contributed by atoms with E-state index in [-0.39, 0.29) is 0 Å². The first-order chi connectivity index (χ1) is 7.77. The van der Waals surface area contributed by atoms with E-state index in [1.165, 1.54) is 5.56 Å². The van der Waals surface area contributed by atoms with E-state index in [4.69, 9.17) is 0 Å². The van der Waals surface area contributed by atoms with Crippen molar-refractivity contribution in [3.05, 3.63) is 52.5 Å². The number of aryl methyl sites for hydroxylation is 1. The summed E-state index contributed by atoms with van der Waals surface area (Å²) >= 11 is 3.56. The lowest BCUT2D eigenvalue weighted by Gasteiger charge is -2.09. The standard InChI is InChI=1S/C12H12BrN3/c1-9-3-2-4-11(12(9)13)15-7-10-5-6-14-8-16-10/h2-6,8,15H,7H2,1H3. The van der Waals surface area contributed by atoms with Gasteiger partial charge in [-0.25, -0.2) is 9.97 Å². The Bertz CT molecular complexity index is 471. The summed E-state index contributed by atoms with van der Waals surface area (Å²) in [6.07, 6.45) is 3.30. The minimum atomic E-state index is 0.699. The van der Waals surface area contributed by atoms with Gasteiger partial charge in [0.2, 0.25) is 0 Å². The van der Waals surface area contributed by atoms with Crippen LogP contribution in [-0.4, -0.2) is 9.97 Å². The SMILES string of the molecule is Cc1cccc(NCc2ccncn2)c1Br. The molecule has 2 rings (SSSR count). The fraction of sp³-hybridized carbons (Fsp3) is 0.167. The van der Waals surface area contributed by atoms with Crippen molar-refractivity contribution in [3.63, 3.8) is 0 Å². The van der Waals surface area contributed by atoms with Crippen molar-refractivity contribution in [2.75, 3.05) is 5.32 Å². The van der Waals surface area contributed by atoms with E-state index in [0.29, 0.717) is 6.54 Å². The average Bonchev–Trinajstić information content (AvgIpc) is 2.32. The second-order valence-electron chi connectivity index (χ2n) is 3.49. The smallest absolute Gasteiger partial charge is 0.115 e. The van der Waals surface area contributed by atoms with Crippen molar-refractivity contribution < 1.29 is 0 Å². The number of halogens is 1. The summed E-state index contributed by atoms with van der Waals surface area (Å²) in [4.78, 5) is 8.04. The van der Waals surface area contributed by atoms with E-state index >= 15 is 0 Å². The minimum absolute atomic E-state index is 0.699. The zero-order valence-corrected chi connectivity index (χ0v) is 10.5. The first kappa shape index (κ1) is 11.1. The van der Waals surface area contributed by atoms with Crippen molar-refractivity contribution in [1.29, 1.82) is 0 Å². The normalized spacial score (nSPS) is 10.1. The topological polar surface area (TPSA) is 37.8 Å². The van der Waals surface area contributed by atoms with Gasteiger partial charge in [0, 0.05) is 16.4 Å². The first-order valence-electron chi connectivity index (χ1n) is 5.01. The molecule has 0 atom stereocenters. The Hall–Kier alpha value is -1.42. The maximum atomic E-state index is 4.16. The molecule has 16 heavy (non-hydrogen) atoms. The quantitative estimate of drug-likeness (QED) is 0.937. The van der Waals surface area contributed by atoms with Gasteiger partial charge in [0.05, 0.1) is 12.2 Å². The van der Waals surface area contributed by atoms with Crippen molar-refractivity contribution in [2.45, 2.75) is 13.5 Å². The van der Waals surface area contributed by atoms with Crippen LogP contribution < -0.4 is 5.32 Å². The molecule has 1 N–H and O–H groups in total. The second-order valence-corrected chi connectivity index (χ2v) is 4.28. The fourth-order valence-electron chi connectivity index (χ4n) is 1.39. The Morgan fingerprint density at radius 2 is 2.19 bits per heavy atom. The molecule has 1 aromatic heterocycles. The third-order valence-corrected chi connectivity index (χ3v) is 3.35. The molecule has 0 spiro atoms. The Labute approximate surface area is 103 Å². The predicted octanol–water partition coefficient (Wildman–Crippen LogP) is 3.16. The Morgan fingerprint density at radius 3 is 2.94 bits per heavy atom. The van der Waals surface area contributed by atoms with E-state index in [1.54, 1.807) is 12.5 Å². The minimum Gasteiger partial charge on any atom is -0.378 e. The molecule has 0 bridgehead atoms. The molecule has 0 amide bonds. The van der Waals surface area contributed by atoms with Crippen LogP contribution in [0.5, 0.6) is 0 Å². The zero-order valence-electron chi connectivity index (χ0n) is 8.94. The molecular formula is C12H12BrN3. The summed E-state index contributed by atoms with van der Waals surface area (Å²) in [5.41, 5.74) is 3.27. The molecule has 0 aliphatic rings. The Kier molecular flexibility index (Phi) is 3.51. The summed E-state index contributed by atoms with van der Waals surface area (Å²) < 4.78 is 1.10. The molecule has 4 heteroatoms. The van der Waals surface area contributed by atoms with Gasteiger partial charge < -0.3 is 5.32 Å². The molecule has 1 aromatic carbocycles. The van der Waals surface area contributed by atoms with E-state index in [9.17, 15) is 0 Å². The molecule has 0 saturated carbocycles. The van der Waals surface area contributed by atoms with E-state index in [1.807, 2.05) is 18.2 Å². The van der Waals surface area contributed by atoms with Gasteiger partial charge in [-0.1, -0.05) is 12.1 Å².